The predicted octanol–water partition coefficient (Wildman–Crippen LogP) is 12.6. The van der Waals surface area contributed by atoms with Gasteiger partial charge in [-0.05, 0) is 105 Å². The van der Waals surface area contributed by atoms with Crippen molar-refractivity contribution in [3.05, 3.63) is 77.6 Å². The fraction of sp³-hybridized carbons (Fsp3) is 0.379. The first kappa shape index (κ1) is 27.5. The molecule has 0 fully saturated rings. The molecule has 0 aliphatic heterocycles. The third-order valence-electron chi connectivity index (χ3n) is 8.65. The normalized spacial score (nSPS) is 22.5. The van der Waals surface area contributed by atoms with E-state index < -0.39 is 8.07 Å². The molecule has 6 rings (SSSR count). The van der Waals surface area contributed by atoms with E-state index in [2.05, 4.69) is 125 Å². The minimum absolute atomic E-state index is 0.616. The molecule has 0 nitrogen and oxygen atoms in total. The van der Waals surface area contributed by atoms with Gasteiger partial charge in [-0.15, -0.1) is 34.0 Å². The van der Waals surface area contributed by atoms with Crippen molar-refractivity contribution in [3.8, 4) is 0 Å². The smallest absolute Gasteiger partial charge is 0.0743 e. The molecule has 3 aromatic heterocycles. The Morgan fingerprint density at radius 3 is 1.58 bits per heavy atom. The number of hydrogen-bond donors (Lipinski definition) is 0. The first-order valence-electron chi connectivity index (χ1n) is 12.2. The van der Waals surface area contributed by atoms with Crippen LogP contribution in [-0.2, 0) is 0 Å². The van der Waals surface area contributed by atoms with Crippen LogP contribution in [0.15, 0.2) is 46.3 Å². The highest BCUT2D eigenvalue weighted by atomic mass is 79.9. The Balaban J connectivity index is 0.000000202. The Hall–Kier alpha value is -0.0231. The van der Waals surface area contributed by atoms with Crippen molar-refractivity contribution < 1.29 is 0 Å². The third kappa shape index (κ3) is 4.10. The molecule has 3 aliphatic rings. The molecule has 0 aromatic carbocycles. The highest BCUT2D eigenvalue weighted by Crippen LogP contribution is 2.59. The lowest BCUT2D eigenvalue weighted by Crippen LogP contribution is -2.41. The summed E-state index contributed by atoms with van der Waals surface area (Å²) in [4.78, 5) is 4.64. The second kappa shape index (κ2) is 9.87. The molecule has 7 heteroatoms. The molecule has 3 atom stereocenters. The maximum atomic E-state index is 3.79. The Kier molecular flexibility index (Phi) is 7.55. The van der Waals surface area contributed by atoms with Crippen molar-refractivity contribution in [2.45, 2.75) is 71.6 Å². The van der Waals surface area contributed by atoms with Gasteiger partial charge < -0.3 is 0 Å². The molecule has 190 valence electrons. The molecular weight excluding hydrogens is 712 g/mol. The van der Waals surface area contributed by atoms with Gasteiger partial charge in [-0.2, -0.15) is 0 Å². The van der Waals surface area contributed by atoms with E-state index in [0.29, 0.717) is 17.0 Å². The van der Waals surface area contributed by atoms with Crippen LogP contribution in [0.5, 0.6) is 0 Å². The zero-order chi connectivity index (χ0) is 26.3. The van der Waals surface area contributed by atoms with Crippen molar-refractivity contribution in [1.82, 2.24) is 0 Å². The summed E-state index contributed by atoms with van der Waals surface area (Å²) in [6.45, 7) is 19.1. The van der Waals surface area contributed by atoms with Gasteiger partial charge in [-0.1, -0.05) is 36.7 Å². The number of fused-ring (bicyclic) bond motifs is 3. The summed E-state index contributed by atoms with van der Waals surface area (Å²) < 4.78 is 3.84. The molecule has 0 saturated heterocycles. The average molecular weight is 744 g/mol. The van der Waals surface area contributed by atoms with Gasteiger partial charge in [0.05, 0.1) is 8.07 Å². The van der Waals surface area contributed by atoms with E-state index in [1.807, 2.05) is 34.0 Å². The van der Waals surface area contributed by atoms with Crippen molar-refractivity contribution in [2.24, 2.45) is 0 Å². The van der Waals surface area contributed by atoms with Crippen LogP contribution < -0.4 is 0 Å². The molecule has 36 heavy (non-hydrogen) atoms. The maximum Gasteiger partial charge on any atom is 0.0743 e. The molecule has 3 unspecified atom stereocenters. The second-order valence-electron chi connectivity index (χ2n) is 10.9. The molecular formula is C29H31Br3S3Si. The van der Waals surface area contributed by atoms with E-state index >= 15 is 0 Å². The van der Waals surface area contributed by atoms with Gasteiger partial charge in [0.25, 0.3) is 0 Å². The van der Waals surface area contributed by atoms with Gasteiger partial charge in [-0.25, -0.2) is 0 Å². The molecule has 0 spiro atoms. The van der Waals surface area contributed by atoms with Crippen molar-refractivity contribution in [3.63, 3.8) is 0 Å². The Labute approximate surface area is 254 Å². The molecule has 0 radical (unpaired) electrons. The van der Waals surface area contributed by atoms with Crippen LogP contribution in [0.2, 0.25) is 13.1 Å². The SMILES string of the molecule is CC1=C(C)C([Si](C)(C)C2C(C)=C(C)c3c(Br)csc32)c2scc(Br)c21.CC1=Cc2scc(Br)c2C1C. The van der Waals surface area contributed by atoms with E-state index in [1.54, 1.807) is 20.9 Å². The topological polar surface area (TPSA) is 0 Å². The monoisotopic (exact) mass is 740 g/mol. The summed E-state index contributed by atoms with van der Waals surface area (Å²) in [5, 5.41) is 6.74. The molecule has 0 amide bonds. The fourth-order valence-corrected chi connectivity index (χ4v) is 19.3. The third-order valence-corrected chi connectivity index (χ3v) is 19.3. The number of halogens is 3. The van der Waals surface area contributed by atoms with E-state index in [1.165, 1.54) is 51.7 Å². The van der Waals surface area contributed by atoms with Crippen LogP contribution in [0.25, 0.3) is 17.2 Å². The van der Waals surface area contributed by atoms with E-state index in [-0.39, 0.29) is 0 Å². The van der Waals surface area contributed by atoms with Crippen LogP contribution in [0.4, 0.5) is 0 Å². The minimum atomic E-state index is -1.66. The Bertz CT molecular complexity index is 1400. The van der Waals surface area contributed by atoms with Gasteiger partial charge in [-0.3, -0.25) is 0 Å². The maximum absolute atomic E-state index is 3.79. The Morgan fingerprint density at radius 2 is 1.14 bits per heavy atom. The lowest BCUT2D eigenvalue weighted by Gasteiger charge is -2.37. The summed E-state index contributed by atoms with van der Waals surface area (Å²) in [5.41, 5.74) is 13.4. The number of hydrogen-bond acceptors (Lipinski definition) is 3. The molecule has 0 bridgehead atoms. The second-order valence-corrected chi connectivity index (χ2v) is 21.0. The van der Waals surface area contributed by atoms with Crippen LogP contribution >= 0.6 is 81.8 Å². The van der Waals surface area contributed by atoms with Crippen molar-refractivity contribution >= 4 is 107 Å². The largest absolute Gasteiger partial charge is 0.147 e. The summed E-state index contributed by atoms with van der Waals surface area (Å²) in [5.74, 6) is 0.616. The quantitative estimate of drug-likeness (QED) is 0.229. The zero-order valence-corrected chi connectivity index (χ0v) is 30.1. The first-order valence-corrected chi connectivity index (χ1v) is 20.4. The highest BCUT2D eigenvalue weighted by Gasteiger charge is 2.50. The van der Waals surface area contributed by atoms with E-state index in [4.69, 9.17) is 0 Å². The summed E-state index contributed by atoms with van der Waals surface area (Å²) in [6.07, 6.45) is 2.29. The Morgan fingerprint density at radius 1 is 0.694 bits per heavy atom. The summed E-state index contributed by atoms with van der Waals surface area (Å²) >= 11 is 16.9. The van der Waals surface area contributed by atoms with E-state index in [0.717, 1.165) is 0 Å². The van der Waals surface area contributed by atoms with Crippen LogP contribution in [0, 0.1) is 0 Å². The zero-order valence-electron chi connectivity index (χ0n) is 21.9. The highest BCUT2D eigenvalue weighted by molar-refractivity contribution is 9.11. The first-order chi connectivity index (χ1) is 16.9. The van der Waals surface area contributed by atoms with Crippen molar-refractivity contribution in [2.75, 3.05) is 0 Å². The van der Waals surface area contributed by atoms with Gasteiger partial charge >= 0.3 is 0 Å². The summed E-state index contributed by atoms with van der Waals surface area (Å²) in [6, 6.07) is 0. The molecule has 3 aliphatic carbocycles. The van der Waals surface area contributed by atoms with Crippen LogP contribution in [0.3, 0.4) is 0 Å². The fourth-order valence-electron chi connectivity index (χ4n) is 6.48. The van der Waals surface area contributed by atoms with Crippen molar-refractivity contribution in [1.29, 1.82) is 0 Å². The van der Waals surface area contributed by atoms with E-state index in [9.17, 15) is 0 Å². The number of thiophene rings is 3. The van der Waals surface area contributed by atoms with Gasteiger partial charge in [0.15, 0.2) is 0 Å². The molecule has 0 N–H and O–H groups in total. The van der Waals surface area contributed by atoms with Gasteiger partial charge in [0.1, 0.15) is 0 Å². The van der Waals surface area contributed by atoms with Crippen LogP contribution in [-0.4, -0.2) is 8.07 Å². The summed E-state index contributed by atoms with van der Waals surface area (Å²) in [7, 11) is -1.66. The standard InChI is InChI=1S/C20H22Br2S2Si.C9H9BrS/c1-9-11(3)19(17-15(9)13(21)7-23-17)25(5,6)20-12(4)10(2)16-14(22)8-24-18(16)20;1-5-3-8-9(6(5)2)7(10)4-11-8/h7-8,19-20H,1-6H3;3-4,6H,1-2H3. The van der Waals surface area contributed by atoms with Gasteiger partial charge in [0.2, 0.25) is 0 Å². The number of allylic oxidation sites excluding steroid dienone is 5. The van der Waals surface area contributed by atoms with Gasteiger partial charge in [0, 0.05) is 72.3 Å². The molecule has 0 saturated carbocycles. The molecule has 3 heterocycles. The number of rotatable bonds is 2. The lowest BCUT2D eigenvalue weighted by atomic mass is 10.0. The molecule has 3 aromatic rings. The average Bonchev–Trinajstić information content (AvgIpc) is 3.61. The minimum Gasteiger partial charge on any atom is -0.147 e. The lowest BCUT2D eigenvalue weighted by molar-refractivity contribution is 0.920. The predicted molar refractivity (Wildman–Crippen MR) is 178 cm³/mol. The van der Waals surface area contributed by atoms with Crippen LogP contribution in [0.1, 0.15) is 89.9 Å².